The molecule has 0 radical (unpaired) electrons. The van der Waals surface area contributed by atoms with E-state index in [1.807, 2.05) is 0 Å². The molecule has 0 aliphatic heterocycles. The lowest BCUT2D eigenvalue weighted by Gasteiger charge is -2.20. The van der Waals surface area contributed by atoms with E-state index in [4.69, 9.17) is 9.92 Å². The molecule has 0 unspecified atom stereocenters. The average Bonchev–Trinajstić information content (AvgIpc) is 3.54. The van der Waals surface area contributed by atoms with Gasteiger partial charge in [0.1, 0.15) is 11.6 Å². The number of nitrogens with zero attached hydrogens (tertiary/aromatic N) is 2. The zero-order valence-corrected chi connectivity index (χ0v) is 16.8. The van der Waals surface area contributed by atoms with Crippen molar-refractivity contribution in [3.05, 3.63) is 36.0 Å². The van der Waals surface area contributed by atoms with Crippen molar-refractivity contribution < 1.29 is 17.4 Å². The summed E-state index contributed by atoms with van der Waals surface area (Å²) in [4.78, 5) is 20.5. The zero-order valence-electron chi connectivity index (χ0n) is 16.0. The van der Waals surface area contributed by atoms with Crippen LogP contribution in [0.3, 0.4) is 0 Å². The van der Waals surface area contributed by atoms with E-state index in [-0.39, 0.29) is 11.3 Å². The SMILES string of the molecule is CS(=O)(=O)Oc1ccc(Nc2ncc(C(N)=O)c(NC(C3CC3)C3CC3)n2)cc1. The van der Waals surface area contributed by atoms with Gasteiger partial charge in [-0.2, -0.15) is 13.4 Å². The van der Waals surface area contributed by atoms with Crippen LogP contribution in [0.2, 0.25) is 0 Å². The van der Waals surface area contributed by atoms with Crippen LogP contribution in [0.15, 0.2) is 30.5 Å². The molecule has 154 valence electrons. The van der Waals surface area contributed by atoms with Gasteiger partial charge in [-0.15, -0.1) is 0 Å². The van der Waals surface area contributed by atoms with Gasteiger partial charge < -0.3 is 20.6 Å². The Balaban J connectivity index is 1.52. The van der Waals surface area contributed by atoms with Crippen molar-refractivity contribution in [1.82, 2.24) is 9.97 Å². The first kappa shape index (κ1) is 19.4. The summed E-state index contributed by atoms with van der Waals surface area (Å²) in [5.74, 6) is 1.62. The lowest BCUT2D eigenvalue weighted by Crippen LogP contribution is -2.27. The van der Waals surface area contributed by atoms with E-state index >= 15 is 0 Å². The number of rotatable bonds is 9. The number of nitrogens with two attached hydrogens (primary N) is 1. The fourth-order valence-electron chi connectivity index (χ4n) is 3.32. The zero-order chi connectivity index (χ0) is 20.6. The number of primary amides is 1. The van der Waals surface area contributed by atoms with E-state index in [2.05, 4.69) is 20.6 Å². The molecule has 10 heteroatoms. The minimum atomic E-state index is -3.58. The topological polar surface area (TPSA) is 136 Å². The Bertz CT molecular complexity index is 1010. The van der Waals surface area contributed by atoms with Crippen molar-refractivity contribution in [2.45, 2.75) is 31.7 Å². The van der Waals surface area contributed by atoms with Crippen molar-refractivity contribution in [1.29, 1.82) is 0 Å². The first-order valence-electron chi connectivity index (χ1n) is 9.48. The fraction of sp³-hybridized carbons (Fsp3) is 0.421. The summed E-state index contributed by atoms with van der Waals surface area (Å²) in [5.41, 5.74) is 6.41. The highest BCUT2D eigenvalue weighted by Crippen LogP contribution is 2.46. The molecule has 0 spiro atoms. The number of hydrogen-bond donors (Lipinski definition) is 3. The van der Waals surface area contributed by atoms with E-state index in [0.29, 0.717) is 35.3 Å². The molecule has 1 heterocycles. The quantitative estimate of drug-likeness (QED) is 0.529. The van der Waals surface area contributed by atoms with Crippen LogP contribution < -0.4 is 20.6 Å². The van der Waals surface area contributed by atoms with Crippen molar-refractivity contribution in [2.75, 3.05) is 16.9 Å². The Labute approximate surface area is 169 Å². The predicted molar refractivity (Wildman–Crippen MR) is 109 cm³/mol. The van der Waals surface area contributed by atoms with Crippen LogP contribution in [0.4, 0.5) is 17.5 Å². The summed E-state index contributed by atoms with van der Waals surface area (Å²) in [6, 6.07) is 6.66. The van der Waals surface area contributed by atoms with Crippen LogP contribution in [0.1, 0.15) is 36.0 Å². The highest BCUT2D eigenvalue weighted by Gasteiger charge is 2.42. The third kappa shape index (κ3) is 5.14. The van der Waals surface area contributed by atoms with Gasteiger partial charge in [-0.05, 0) is 61.8 Å². The molecule has 4 rings (SSSR count). The highest BCUT2D eigenvalue weighted by atomic mass is 32.2. The normalized spacial score (nSPS) is 16.5. The smallest absolute Gasteiger partial charge is 0.306 e. The van der Waals surface area contributed by atoms with Crippen molar-refractivity contribution >= 4 is 33.5 Å². The van der Waals surface area contributed by atoms with Gasteiger partial charge in [-0.3, -0.25) is 4.79 Å². The number of hydrogen-bond acceptors (Lipinski definition) is 8. The van der Waals surface area contributed by atoms with Crippen LogP contribution in [-0.4, -0.2) is 36.6 Å². The monoisotopic (exact) mass is 417 g/mol. The molecular weight excluding hydrogens is 394 g/mol. The number of benzene rings is 1. The fourth-order valence-corrected chi connectivity index (χ4v) is 3.78. The maximum atomic E-state index is 11.8. The Kier molecular flexibility index (Phi) is 5.03. The van der Waals surface area contributed by atoms with Gasteiger partial charge in [0.15, 0.2) is 0 Å². The third-order valence-corrected chi connectivity index (χ3v) is 5.47. The molecule has 2 aromatic rings. The largest absolute Gasteiger partial charge is 0.383 e. The minimum Gasteiger partial charge on any atom is -0.383 e. The molecule has 1 aromatic heterocycles. The molecule has 1 amide bonds. The Morgan fingerprint density at radius 2 is 1.79 bits per heavy atom. The molecule has 2 fully saturated rings. The van der Waals surface area contributed by atoms with Crippen molar-refractivity contribution in [3.8, 4) is 5.75 Å². The number of amides is 1. The van der Waals surface area contributed by atoms with E-state index in [1.54, 1.807) is 12.1 Å². The molecule has 29 heavy (non-hydrogen) atoms. The Morgan fingerprint density at radius 3 is 2.31 bits per heavy atom. The number of aromatic nitrogens is 2. The summed E-state index contributed by atoms with van der Waals surface area (Å²) >= 11 is 0. The summed E-state index contributed by atoms with van der Waals surface area (Å²) in [7, 11) is -3.58. The highest BCUT2D eigenvalue weighted by molar-refractivity contribution is 7.86. The van der Waals surface area contributed by atoms with Gasteiger partial charge in [0.25, 0.3) is 5.91 Å². The van der Waals surface area contributed by atoms with Crippen LogP contribution in [0.5, 0.6) is 5.75 Å². The minimum absolute atomic E-state index is 0.210. The molecule has 9 nitrogen and oxygen atoms in total. The lowest BCUT2D eigenvalue weighted by atomic mass is 10.1. The van der Waals surface area contributed by atoms with Gasteiger partial charge in [0, 0.05) is 17.9 Å². The molecule has 2 aliphatic carbocycles. The Hall–Kier alpha value is -2.88. The molecule has 2 saturated carbocycles. The first-order chi connectivity index (χ1) is 13.8. The molecule has 0 saturated heterocycles. The summed E-state index contributed by atoms with van der Waals surface area (Å²) < 4.78 is 27.2. The summed E-state index contributed by atoms with van der Waals surface area (Å²) in [5, 5.41) is 6.48. The predicted octanol–water partition coefficient (Wildman–Crippen LogP) is 2.26. The molecule has 4 N–H and O–H groups in total. The number of carbonyl (C=O) groups excluding carboxylic acids is 1. The van der Waals surface area contributed by atoms with E-state index in [9.17, 15) is 13.2 Å². The number of anilines is 3. The second kappa shape index (κ2) is 7.51. The van der Waals surface area contributed by atoms with Gasteiger partial charge in [0.2, 0.25) is 5.95 Å². The maximum absolute atomic E-state index is 11.8. The van der Waals surface area contributed by atoms with Crippen molar-refractivity contribution in [3.63, 3.8) is 0 Å². The number of carbonyl (C=O) groups is 1. The Morgan fingerprint density at radius 1 is 1.17 bits per heavy atom. The van der Waals surface area contributed by atoms with Gasteiger partial charge in [0.05, 0.1) is 11.8 Å². The van der Waals surface area contributed by atoms with E-state index in [0.717, 1.165) is 6.26 Å². The van der Waals surface area contributed by atoms with E-state index < -0.39 is 16.0 Å². The number of nitrogens with one attached hydrogen (secondary N) is 2. The van der Waals surface area contributed by atoms with Gasteiger partial charge >= 0.3 is 10.1 Å². The standard InChI is InChI=1S/C19H23N5O4S/c1-29(26,27)28-14-8-6-13(7-9-14)22-19-21-10-15(17(20)25)18(24-19)23-16(11-2-3-11)12-4-5-12/h6-12,16H,2-5H2,1H3,(H2,20,25)(H2,21,22,23,24). The van der Waals surface area contributed by atoms with Crippen LogP contribution >= 0.6 is 0 Å². The van der Waals surface area contributed by atoms with Gasteiger partial charge in [-0.25, -0.2) is 4.98 Å². The molecule has 0 bridgehead atoms. The van der Waals surface area contributed by atoms with E-state index in [1.165, 1.54) is 44.0 Å². The lowest BCUT2D eigenvalue weighted by molar-refractivity contribution is 0.100. The first-order valence-corrected chi connectivity index (χ1v) is 11.3. The van der Waals surface area contributed by atoms with Crippen LogP contribution in [0.25, 0.3) is 0 Å². The molecule has 2 aliphatic rings. The molecule has 1 aromatic carbocycles. The molecular formula is C19H23N5O4S. The summed E-state index contributed by atoms with van der Waals surface area (Å²) in [6.07, 6.45) is 7.17. The third-order valence-electron chi connectivity index (χ3n) is 4.98. The van der Waals surface area contributed by atoms with Crippen LogP contribution in [-0.2, 0) is 10.1 Å². The summed E-state index contributed by atoms with van der Waals surface area (Å²) in [6.45, 7) is 0. The van der Waals surface area contributed by atoms with Crippen molar-refractivity contribution in [2.24, 2.45) is 17.6 Å². The second-order valence-electron chi connectivity index (χ2n) is 7.60. The average molecular weight is 417 g/mol. The maximum Gasteiger partial charge on any atom is 0.306 e. The van der Waals surface area contributed by atoms with Gasteiger partial charge in [-0.1, -0.05) is 0 Å². The molecule has 0 atom stereocenters. The van der Waals surface area contributed by atoms with Crippen LogP contribution in [0, 0.1) is 11.8 Å². The second-order valence-corrected chi connectivity index (χ2v) is 9.18.